The van der Waals surface area contributed by atoms with Crippen LogP contribution in [0.5, 0.6) is 11.5 Å². The summed E-state index contributed by atoms with van der Waals surface area (Å²) in [6.45, 7) is -0.236. The first-order chi connectivity index (χ1) is 13.3. The standard InChI is InChI=1S/C18H19Cl3O6S/c19-6-1-7-26-18-16(20)8-15(9-17(18)21)28(24,25)14-4-2-13(3-5-14)27-11-12(23)10-22/h2-5,8-9,12,22-23H,1,6-7,10-11H2/t12-/m0/s1. The molecule has 1 atom stereocenters. The van der Waals surface area contributed by atoms with Crippen LogP contribution >= 0.6 is 34.8 Å². The van der Waals surface area contributed by atoms with E-state index in [9.17, 15) is 13.5 Å². The van der Waals surface area contributed by atoms with E-state index in [1.54, 1.807) is 0 Å². The summed E-state index contributed by atoms with van der Waals surface area (Å²) in [5.74, 6) is 0.976. The van der Waals surface area contributed by atoms with Crippen molar-refractivity contribution in [3.8, 4) is 11.5 Å². The number of benzene rings is 2. The Morgan fingerprint density at radius 3 is 2.14 bits per heavy atom. The molecule has 2 N–H and O–H groups in total. The number of aliphatic hydroxyl groups excluding tert-OH is 2. The maximum absolute atomic E-state index is 12.8. The Morgan fingerprint density at radius 2 is 1.61 bits per heavy atom. The summed E-state index contributed by atoms with van der Waals surface area (Å²) in [6, 6.07) is 8.18. The number of aliphatic hydroxyl groups is 2. The van der Waals surface area contributed by atoms with Gasteiger partial charge in [-0.05, 0) is 42.8 Å². The molecule has 10 heteroatoms. The van der Waals surface area contributed by atoms with Crippen molar-refractivity contribution in [1.82, 2.24) is 0 Å². The molecule has 0 radical (unpaired) electrons. The van der Waals surface area contributed by atoms with Crippen LogP contribution in [0, 0.1) is 0 Å². The molecule has 28 heavy (non-hydrogen) atoms. The predicted octanol–water partition coefficient (Wildman–Crippen LogP) is 3.57. The molecule has 0 fully saturated rings. The fourth-order valence-electron chi connectivity index (χ4n) is 2.15. The van der Waals surface area contributed by atoms with Gasteiger partial charge in [0.15, 0.2) is 5.75 Å². The Balaban J connectivity index is 2.22. The highest BCUT2D eigenvalue weighted by atomic mass is 35.5. The SMILES string of the molecule is O=S(=O)(c1ccc(OC[C@@H](O)CO)cc1)c1cc(Cl)c(OCCCCl)c(Cl)c1. The fraction of sp³-hybridized carbons (Fsp3) is 0.333. The number of alkyl halides is 1. The van der Waals surface area contributed by atoms with E-state index < -0.39 is 22.5 Å². The van der Waals surface area contributed by atoms with E-state index in [0.29, 0.717) is 24.7 Å². The van der Waals surface area contributed by atoms with Gasteiger partial charge in [0.25, 0.3) is 0 Å². The minimum Gasteiger partial charge on any atom is -0.491 e. The molecule has 0 bridgehead atoms. The summed E-state index contributed by atoms with van der Waals surface area (Å²) >= 11 is 17.9. The van der Waals surface area contributed by atoms with Gasteiger partial charge in [-0.15, -0.1) is 11.6 Å². The van der Waals surface area contributed by atoms with Gasteiger partial charge in [0.05, 0.1) is 33.0 Å². The highest BCUT2D eigenvalue weighted by Crippen LogP contribution is 2.37. The Bertz CT molecular complexity index is 864. The number of rotatable bonds is 10. The molecule has 6 nitrogen and oxygen atoms in total. The second-order valence-electron chi connectivity index (χ2n) is 5.73. The molecule has 0 spiro atoms. The number of hydrogen-bond acceptors (Lipinski definition) is 6. The monoisotopic (exact) mass is 468 g/mol. The lowest BCUT2D eigenvalue weighted by Crippen LogP contribution is -2.21. The first-order valence-electron chi connectivity index (χ1n) is 8.24. The molecular weight excluding hydrogens is 451 g/mol. The second kappa shape index (κ2) is 10.5. The van der Waals surface area contributed by atoms with Crippen LogP contribution in [-0.4, -0.2) is 50.4 Å². The third-order valence-electron chi connectivity index (χ3n) is 3.59. The van der Waals surface area contributed by atoms with Crippen molar-refractivity contribution >= 4 is 44.6 Å². The lowest BCUT2D eigenvalue weighted by molar-refractivity contribution is 0.0536. The van der Waals surface area contributed by atoms with Crippen LogP contribution in [0.15, 0.2) is 46.2 Å². The molecule has 0 saturated carbocycles. The summed E-state index contributed by atoms with van der Waals surface area (Å²) in [4.78, 5) is -0.0536. The molecule has 0 unspecified atom stereocenters. The minimum absolute atomic E-state index is 0.0190. The van der Waals surface area contributed by atoms with Gasteiger partial charge >= 0.3 is 0 Å². The average Bonchev–Trinajstić information content (AvgIpc) is 2.68. The van der Waals surface area contributed by atoms with E-state index in [2.05, 4.69) is 0 Å². The van der Waals surface area contributed by atoms with Crippen LogP contribution in [-0.2, 0) is 9.84 Å². The fourth-order valence-corrected chi connectivity index (χ4v) is 4.30. The van der Waals surface area contributed by atoms with Crippen molar-refractivity contribution in [3.05, 3.63) is 46.4 Å². The maximum atomic E-state index is 12.8. The van der Waals surface area contributed by atoms with Crippen LogP contribution in [0.2, 0.25) is 10.0 Å². The van der Waals surface area contributed by atoms with Crippen LogP contribution in [0.4, 0.5) is 0 Å². The van der Waals surface area contributed by atoms with Crippen molar-refractivity contribution in [2.45, 2.75) is 22.3 Å². The zero-order valence-corrected chi connectivity index (χ0v) is 17.7. The second-order valence-corrected chi connectivity index (χ2v) is 8.87. The summed E-state index contributed by atoms with van der Waals surface area (Å²) in [6.07, 6.45) is -0.421. The number of ether oxygens (including phenoxy) is 2. The van der Waals surface area contributed by atoms with E-state index in [4.69, 9.17) is 49.4 Å². The molecule has 0 heterocycles. The predicted molar refractivity (Wildman–Crippen MR) is 108 cm³/mol. The summed E-state index contributed by atoms with van der Waals surface area (Å²) in [7, 11) is -3.87. The van der Waals surface area contributed by atoms with Gasteiger partial charge in [-0.25, -0.2) is 8.42 Å². The van der Waals surface area contributed by atoms with E-state index in [1.807, 2.05) is 0 Å². The Hall–Kier alpha value is -1.22. The highest BCUT2D eigenvalue weighted by Gasteiger charge is 2.21. The third kappa shape index (κ3) is 5.89. The average molecular weight is 470 g/mol. The van der Waals surface area contributed by atoms with Crippen LogP contribution in [0.3, 0.4) is 0 Å². The Kier molecular flexibility index (Phi) is 8.67. The molecule has 2 aromatic carbocycles. The molecular formula is C18H19Cl3O6S. The van der Waals surface area contributed by atoms with Crippen LogP contribution < -0.4 is 9.47 Å². The maximum Gasteiger partial charge on any atom is 0.206 e. The van der Waals surface area contributed by atoms with E-state index in [-0.39, 0.29) is 32.2 Å². The summed E-state index contributed by atoms with van der Waals surface area (Å²) in [5.41, 5.74) is 0. The van der Waals surface area contributed by atoms with Crippen molar-refractivity contribution in [1.29, 1.82) is 0 Å². The molecule has 0 saturated heterocycles. The van der Waals surface area contributed by atoms with Crippen LogP contribution in [0.25, 0.3) is 0 Å². The zero-order valence-electron chi connectivity index (χ0n) is 14.6. The van der Waals surface area contributed by atoms with Gasteiger partial charge in [0.2, 0.25) is 9.84 Å². The Labute approximate surface area is 178 Å². The number of hydrogen-bond donors (Lipinski definition) is 2. The van der Waals surface area contributed by atoms with Gasteiger partial charge in [-0.3, -0.25) is 0 Å². The van der Waals surface area contributed by atoms with E-state index in [1.165, 1.54) is 36.4 Å². The van der Waals surface area contributed by atoms with Gasteiger partial charge in [-0.1, -0.05) is 23.2 Å². The molecule has 0 aliphatic rings. The van der Waals surface area contributed by atoms with Crippen molar-refractivity contribution < 1.29 is 28.1 Å². The summed E-state index contributed by atoms with van der Waals surface area (Å²) < 4.78 is 36.4. The normalized spacial score (nSPS) is 12.6. The first-order valence-corrected chi connectivity index (χ1v) is 11.0. The van der Waals surface area contributed by atoms with Crippen molar-refractivity contribution in [2.75, 3.05) is 25.7 Å². The van der Waals surface area contributed by atoms with E-state index in [0.717, 1.165) is 0 Å². The van der Waals surface area contributed by atoms with Gasteiger partial charge < -0.3 is 19.7 Å². The zero-order chi connectivity index (χ0) is 20.7. The molecule has 0 amide bonds. The highest BCUT2D eigenvalue weighted by molar-refractivity contribution is 7.91. The van der Waals surface area contributed by atoms with Gasteiger partial charge in [0.1, 0.15) is 18.5 Å². The number of sulfone groups is 1. The van der Waals surface area contributed by atoms with Gasteiger partial charge in [0, 0.05) is 5.88 Å². The first kappa shape index (κ1) is 23.1. The molecule has 0 aliphatic carbocycles. The molecule has 2 aromatic rings. The van der Waals surface area contributed by atoms with Gasteiger partial charge in [-0.2, -0.15) is 0 Å². The van der Waals surface area contributed by atoms with Crippen molar-refractivity contribution in [2.24, 2.45) is 0 Å². The Morgan fingerprint density at radius 1 is 1.00 bits per heavy atom. The lowest BCUT2D eigenvalue weighted by atomic mass is 10.3. The molecule has 2 rings (SSSR count). The lowest BCUT2D eigenvalue weighted by Gasteiger charge is -2.13. The quantitative estimate of drug-likeness (QED) is 0.408. The molecule has 0 aromatic heterocycles. The number of halogens is 3. The smallest absolute Gasteiger partial charge is 0.206 e. The van der Waals surface area contributed by atoms with Crippen molar-refractivity contribution in [3.63, 3.8) is 0 Å². The molecule has 0 aliphatic heterocycles. The summed E-state index contributed by atoms with van der Waals surface area (Å²) in [5, 5.41) is 18.2. The largest absolute Gasteiger partial charge is 0.491 e. The topological polar surface area (TPSA) is 93.1 Å². The molecule has 154 valence electrons. The van der Waals surface area contributed by atoms with Crippen LogP contribution in [0.1, 0.15) is 6.42 Å². The minimum atomic E-state index is -3.87. The van der Waals surface area contributed by atoms with E-state index >= 15 is 0 Å². The third-order valence-corrected chi connectivity index (χ3v) is 6.17.